The molecule has 0 amide bonds. The highest BCUT2D eigenvalue weighted by Crippen LogP contribution is 2.22. The molecule has 1 aromatic heterocycles. The molecule has 2 aromatic rings. The van der Waals surface area contributed by atoms with Crippen LogP contribution in [0.1, 0.15) is 16.1 Å². The Kier molecular flexibility index (Phi) is 3.64. The molecule has 0 spiro atoms. The van der Waals surface area contributed by atoms with Crippen LogP contribution in [0, 0.1) is 0 Å². The van der Waals surface area contributed by atoms with Crippen LogP contribution in [0.4, 0.5) is 0 Å². The Bertz CT molecular complexity index is 565. The highest BCUT2D eigenvalue weighted by Gasteiger charge is 2.12. The van der Waals surface area contributed by atoms with Crippen LogP contribution >= 0.6 is 27.5 Å². The van der Waals surface area contributed by atoms with E-state index in [1.54, 1.807) is 30.1 Å². The van der Waals surface area contributed by atoms with Crippen molar-refractivity contribution < 1.29 is 4.79 Å². The second-order valence-electron chi connectivity index (χ2n) is 3.68. The first-order chi connectivity index (χ1) is 8.08. The summed E-state index contributed by atoms with van der Waals surface area (Å²) in [5.41, 5.74) is 1.41. The Hall–Kier alpha value is -1.13. The molecule has 0 bridgehead atoms. The quantitative estimate of drug-likeness (QED) is 0.815. The number of aryl methyl sites for hydroxylation is 1. The highest BCUT2D eigenvalue weighted by atomic mass is 79.9. The SMILES string of the molecule is Cn1nccc1C(=O)Cc1ccc(Br)cc1Cl. The third-order valence-electron chi connectivity index (χ3n) is 2.47. The normalized spacial score (nSPS) is 10.5. The molecule has 0 fully saturated rings. The van der Waals surface area contributed by atoms with Gasteiger partial charge in [0, 0.05) is 29.2 Å². The average Bonchev–Trinajstić information content (AvgIpc) is 2.68. The van der Waals surface area contributed by atoms with Gasteiger partial charge >= 0.3 is 0 Å². The van der Waals surface area contributed by atoms with Crippen LogP contribution in [0.25, 0.3) is 0 Å². The first kappa shape index (κ1) is 12.3. The van der Waals surface area contributed by atoms with Crippen LogP contribution in [-0.4, -0.2) is 15.6 Å². The molecule has 0 atom stereocenters. The number of rotatable bonds is 3. The number of halogens is 2. The van der Waals surface area contributed by atoms with E-state index in [-0.39, 0.29) is 12.2 Å². The van der Waals surface area contributed by atoms with Gasteiger partial charge in [-0.25, -0.2) is 0 Å². The maximum absolute atomic E-state index is 12.0. The van der Waals surface area contributed by atoms with Crippen LogP contribution in [0.5, 0.6) is 0 Å². The minimum absolute atomic E-state index is 0.00854. The molecular formula is C12H10BrClN2O. The number of nitrogens with zero attached hydrogens (tertiary/aromatic N) is 2. The summed E-state index contributed by atoms with van der Waals surface area (Å²) in [5.74, 6) is 0.00854. The maximum Gasteiger partial charge on any atom is 0.185 e. The predicted octanol–water partition coefficient (Wildman–Crippen LogP) is 3.26. The van der Waals surface area contributed by atoms with Gasteiger partial charge in [0.15, 0.2) is 5.78 Å². The number of benzene rings is 1. The molecule has 5 heteroatoms. The number of carbonyl (C=O) groups is 1. The van der Waals surface area contributed by atoms with Gasteiger partial charge < -0.3 is 0 Å². The summed E-state index contributed by atoms with van der Waals surface area (Å²) in [6.45, 7) is 0. The molecule has 0 aliphatic rings. The van der Waals surface area contributed by atoms with Gasteiger partial charge in [0.1, 0.15) is 5.69 Å². The summed E-state index contributed by atoms with van der Waals surface area (Å²) in [4.78, 5) is 12.0. The number of hydrogen-bond acceptors (Lipinski definition) is 2. The second kappa shape index (κ2) is 5.02. The smallest absolute Gasteiger partial charge is 0.185 e. The van der Waals surface area contributed by atoms with E-state index in [0.29, 0.717) is 10.7 Å². The molecular weight excluding hydrogens is 304 g/mol. The van der Waals surface area contributed by atoms with Gasteiger partial charge in [-0.3, -0.25) is 9.48 Å². The lowest BCUT2D eigenvalue weighted by atomic mass is 10.1. The van der Waals surface area contributed by atoms with Crippen molar-refractivity contribution in [1.82, 2.24) is 9.78 Å². The summed E-state index contributed by atoms with van der Waals surface area (Å²) in [6, 6.07) is 7.21. The monoisotopic (exact) mass is 312 g/mol. The molecule has 0 saturated carbocycles. The fourth-order valence-electron chi connectivity index (χ4n) is 1.58. The number of aromatic nitrogens is 2. The summed E-state index contributed by atoms with van der Waals surface area (Å²) >= 11 is 9.40. The molecule has 0 unspecified atom stereocenters. The van der Waals surface area contributed by atoms with E-state index >= 15 is 0 Å². The number of Topliss-reactive ketones (excluding diaryl/α,β-unsaturated/α-hetero) is 1. The molecule has 0 N–H and O–H groups in total. The first-order valence-electron chi connectivity index (χ1n) is 5.03. The molecule has 1 aromatic carbocycles. The maximum atomic E-state index is 12.0. The van der Waals surface area contributed by atoms with E-state index in [9.17, 15) is 4.79 Å². The van der Waals surface area contributed by atoms with Gasteiger partial charge in [-0.15, -0.1) is 0 Å². The minimum Gasteiger partial charge on any atom is -0.292 e. The molecule has 0 radical (unpaired) electrons. The van der Waals surface area contributed by atoms with E-state index in [1.807, 2.05) is 12.1 Å². The van der Waals surface area contributed by atoms with Crippen molar-refractivity contribution in [2.24, 2.45) is 7.05 Å². The van der Waals surface area contributed by atoms with Crippen molar-refractivity contribution in [2.75, 3.05) is 0 Å². The van der Waals surface area contributed by atoms with Gasteiger partial charge in [0.05, 0.1) is 0 Å². The molecule has 0 saturated heterocycles. The van der Waals surface area contributed by atoms with Crippen molar-refractivity contribution in [3.63, 3.8) is 0 Å². The van der Waals surface area contributed by atoms with E-state index < -0.39 is 0 Å². The summed E-state index contributed by atoms with van der Waals surface area (Å²) in [5, 5.41) is 4.56. The molecule has 0 aliphatic heterocycles. The predicted molar refractivity (Wildman–Crippen MR) is 70.4 cm³/mol. The molecule has 3 nitrogen and oxygen atoms in total. The van der Waals surface area contributed by atoms with E-state index in [1.165, 1.54) is 0 Å². The topological polar surface area (TPSA) is 34.9 Å². The number of hydrogen-bond donors (Lipinski definition) is 0. The van der Waals surface area contributed by atoms with Gasteiger partial charge in [-0.05, 0) is 23.8 Å². The van der Waals surface area contributed by atoms with Crippen LogP contribution in [0.15, 0.2) is 34.9 Å². The Morgan fingerprint density at radius 3 is 2.82 bits per heavy atom. The fourth-order valence-corrected chi connectivity index (χ4v) is 2.32. The summed E-state index contributed by atoms with van der Waals surface area (Å²) in [7, 11) is 1.75. The van der Waals surface area contributed by atoms with Gasteiger partial charge in [-0.2, -0.15) is 5.10 Å². The second-order valence-corrected chi connectivity index (χ2v) is 5.00. The highest BCUT2D eigenvalue weighted by molar-refractivity contribution is 9.10. The van der Waals surface area contributed by atoms with Crippen LogP contribution < -0.4 is 0 Å². The van der Waals surface area contributed by atoms with Crippen molar-refractivity contribution in [3.8, 4) is 0 Å². The van der Waals surface area contributed by atoms with Crippen molar-refractivity contribution in [2.45, 2.75) is 6.42 Å². The van der Waals surface area contributed by atoms with Crippen LogP contribution in [0.3, 0.4) is 0 Å². The summed E-state index contributed by atoms with van der Waals surface area (Å²) in [6.07, 6.45) is 1.89. The van der Waals surface area contributed by atoms with Gasteiger partial charge in [0.25, 0.3) is 0 Å². The number of ketones is 1. The molecule has 1 heterocycles. The first-order valence-corrected chi connectivity index (χ1v) is 6.20. The standard InChI is InChI=1S/C12H10BrClN2O/c1-16-11(4-5-15-16)12(17)6-8-2-3-9(13)7-10(8)14/h2-5,7H,6H2,1H3. The van der Waals surface area contributed by atoms with Crippen LogP contribution in [0.2, 0.25) is 5.02 Å². The molecule has 17 heavy (non-hydrogen) atoms. The fraction of sp³-hybridized carbons (Fsp3) is 0.167. The molecule has 2 rings (SSSR count). The molecule has 0 aliphatic carbocycles. The van der Waals surface area contributed by atoms with Gasteiger partial charge in [-0.1, -0.05) is 33.6 Å². The average molecular weight is 314 g/mol. The lowest BCUT2D eigenvalue weighted by molar-refractivity contribution is 0.0984. The van der Waals surface area contributed by atoms with Crippen molar-refractivity contribution >= 4 is 33.3 Å². The zero-order chi connectivity index (χ0) is 12.4. The zero-order valence-corrected chi connectivity index (χ0v) is 11.5. The zero-order valence-electron chi connectivity index (χ0n) is 9.15. The lowest BCUT2D eigenvalue weighted by Crippen LogP contribution is -2.09. The number of carbonyl (C=O) groups excluding carboxylic acids is 1. The van der Waals surface area contributed by atoms with E-state index in [0.717, 1.165) is 10.0 Å². The largest absolute Gasteiger partial charge is 0.292 e. The van der Waals surface area contributed by atoms with Crippen molar-refractivity contribution in [3.05, 3.63) is 51.2 Å². The Morgan fingerprint density at radius 1 is 1.47 bits per heavy atom. The third-order valence-corrected chi connectivity index (χ3v) is 3.32. The Balaban J connectivity index is 2.22. The lowest BCUT2D eigenvalue weighted by Gasteiger charge is -2.04. The van der Waals surface area contributed by atoms with Crippen LogP contribution in [-0.2, 0) is 13.5 Å². The third kappa shape index (κ3) is 2.76. The van der Waals surface area contributed by atoms with Gasteiger partial charge in [0.2, 0.25) is 0 Å². The van der Waals surface area contributed by atoms with Crippen molar-refractivity contribution in [1.29, 1.82) is 0 Å². The Morgan fingerprint density at radius 2 is 2.24 bits per heavy atom. The Labute approximate surface area is 113 Å². The van der Waals surface area contributed by atoms with E-state index in [2.05, 4.69) is 21.0 Å². The minimum atomic E-state index is 0.00854. The summed E-state index contributed by atoms with van der Waals surface area (Å²) < 4.78 is 2.47. The van der Waals surface area contributed by atoms with E-state index in [4.69, 9.17) is 11.6 Å². The molecule has 88 valence electrons.